The Morgan fingerprint density at radius 3 is 2.93 bits per heavy atom. The number of nitrogens with zero attached hydrogens (tertiary/aromatic N) is 1. The van der Waals surface area contributed by atoms with Crippen molar-refractivity contribution in [2.45, 2.75) is 32.9 Å². The average molecular weight is 224 g/mol. The minimum Gasteiger partial charge on any atom is -0.309 e. The Kier molecular flexibility index (Phi) is 5.73. The number of hydrogen-bond acceptors (Lipinski definition) is 3. The van der Waals surface area contributed by atoms with Crippen LogP contribution in [0.15, 0.2) is 18.2 Å². The van der Waals surface area contributed by atoms with Crippen LogP contribution < -0.4 is 5.32 Å². The summed E-state index contributed by atoms with van der Waals surface area (Å²) in [5, 5.41) is 3.49. The Balaban J connectivity index is 2.30. The van der Waals surface area contributed by atoms with Gasteiger partial charge in [-0.2, -0.15) is 11.8 Å². The van der Waals surface area contributed by atoms with E-state index in [4.69, 9.17) is 0 Å². The summed E-state index contributed by atoms with van der Waals surface area (Å²) in [5.74, 6) is 1.22. The third kappa shape index (κ3) is 5.19. The van der Waals surface area contributed by atoms with Crippen molar-refractivity contribution in [2.75, 3.05) is 12.0 Å². The van der Waals surface area contributed by atoms with E-state index in [1.54, 1.807) is 0 Å². The molecule has 2 nitrogen and oxygen atoms in total. The molecule has 0 spiro atoms. The average Bonchev–Trinajstić information content (AvgIpc) is 2.23. The molecule has 1 atom stereocenters. The van der Waals surface area contributed by atoms with Crippen LogP contribution in [0.4, 0.5) is 0 Å². The second-order valence-corrected chi connectivity index (χ2v) is 4.82. The van der Waals surface area contributed by atoms with Crippen LogP contribution in [0.1, 0.15) is 24.7 Å². The zero-order valence-electron chi connectivity index (χ0n) is 9.79. The minimum absolute atomic E-state index is 0.569. The van der Waals surface area contributed by atoms with E-state index in [1.807, 2.05) is 24.8 Å². The fourth-order valence-corrected chi connectivity index (χ4v) is 1.96. The maximum atomic E-state index is 4.46. The molecule has 3 heteroatoms. The maximum absolute atomic E-state index is 4.46. The standard InChI is InChI=1S/C12H20N2S/c1-10(7-8-15-3)13-9-12-6-4-5-11(2)14-12/h4-6,10,13H,7-9H2,1-3H3. The topological polar surface area (TPSA) is 24.9 Å². The van der Waals surface area contributed by atoms with Gasteiger partial charge in [0.2, 0.25) is 0 Å². The summed E-state index contributed by atoms with van der Waals surface area (Å²) >= 11 is 1.90. The molecule has 1 rings (SSSR count). The predicted octanol–water partition coefficient (Wildman–Crippen LogP) is 2.62. The van der Waals surface area contributed by atoms with Crippen LogP contribution >= 0.6 is 11.8 Å². The first-order chi connectivity index (χ1) is 7.22. The minimum atomic E-state index is 0.569. The number of rotatable bonds is 6. The lowest BCUT2D eigenvalue weighted by Gasteiger charge is -2.12. The Morgan fingerprint density at radius 1 is 1.47 bits per heavy atom. The van der Waals surface area contributed by atoms with Crippen molar-refractivity contribution in [2.24, 2.45) is 0 Å². The van der Waals surface area contributed by atoms with Gasteiger partial charge in [0.15, 0.2) is 0 Å². The Hall–Kier alpha value is -0.540. The Labute approximate surface area is 96.9 Å². The van der Waals surface area contributed by atoms with E-state index in [-0.39, 0.29) is 0 Å². The first-order valence-electron chi connectivity index (χ1n) is 5.37. The predicted molar refractivity (Wildman–Crippen MR) is 68.3 cm³/mol. The second-order valence-electron chi connectivity index (χ2n) is 3.83. The summed E-state index contributed by atoms with van der Waals surface area (Å²) in [5.41, 5.74) is 2.22. The lowest BCUT2D eigenvalue weighted by Crippen LogP contribution is -2.26. The fourth-order valence-electron chi connectivity index (χ4n) is 1.37. The molecule has 0 saturated heterocycles. The first-order valence-corrected chi connectivity index (χ1v) is 6.76. The number of hydrogen-bond donors (Lipinski definition) is 1. The smallest absolute Gasteiger partial charge is 0.0544 e. The summed E-state index contributed by atoms with van der Waals surface area (Å²) in [6.45, 7) is 5.13. The van der Waals surface area contributed by atoms with Crippen LogP contribution in [0.2, 0.25) is 0 Å². The SMILES string of the molecule is CSCCC(C)NCc1cccc(C)n1. The second kappa shape index (κ2) is 6.85. The molecule has 1 aromatic heterocycles. The molecule has 0 radical (unpaired) electrons. The summed E-state index contributed by atoms with van der Waals surface area (Å²) in [6.07, 6.45) is 3.36. The molecule has 0 aliphatic carbocycles. The van der Waals surface area contributed by atoms with Crippen LogP contribution in [-0.2, 0) is 6.54 Å². The van der Waals surface area contributed by atoms with Crippen LogP contribution in [-0.4, -0.2) is 23.0 Å². The van der Waals surface area contributed by atoms with Gasteiger partial charge in [0.05, 0.1) is 5.69 Å². The van der Waals surface area contributed by atoms with Crippen LogP contribution in [0.5, 0.6) is 0 Å². The number of aromatic nitrogens is 1. The van der Waals surface area contributed by atoms with Crippen LogP contribution in [0.3, 0.4) is 0 Å². The number of nitrogens with one attached hydrogen (secondary N) is 1. The Morgan fingerprint density at radius 2 is 2.27 bits per heavy atom. The van der Waals surface area contributed by atoms with Crippen molar-refractivity contribution >= 4 is 11.8 Å². The quantitative estimate of drug-likeness (QED) is 0.804. The number of aryl methyl sites for hydroxylation is 1. The van der Waals surface area contributed by atoms with Crippen molar-refractivity contribution in [3.63, 3.8) is 0 Å². The van der Waals surface area contributed by atoms with Gasteiger partial charge in [0.1, 0.15) is 0 Å². The molecule has 1 heterocycles. The molecule has 0 amide bonds. The van der Waals surface area contributed by atoms with E-state index in [0.29, 0.717) is 6.04 Å². The first kappa shape index (κ1) is 12.5. The van der Waals surface area contributed by atoms with E-state index in [1.165, 1.54) is 12.2 Å². The molecule has 0 aliphatic rings. The molecule has 0 bridgehead atoms. The van der Waals surface area contributed by atoms with E-state index in [9.17, 15) is 0 Å². The highest BCUT2D eigenvalue weighted by Gasteiger charge is 2.01. The van der Waals surface area contributed by atoms with Gasteiger partial charge < -0.3 is 5.32 Å². The van der Waals surface area contributed by atoms with E-state index < -0.39 is 0 Å². The monoisotopic (exact) mass is 224 g/mol. The van der Waals surface area contributed by atoms with Crippen molar-refractivity contribution in [1.29, 1.82) is 0 Å². The molecule has 1 aromatic rings. The van der Waals surface area contributed by atoms with Crippen LogP contribution in [0, 0.1) is 6.92 Å². The summed E-state index contributed by atoms with van der Waals surface area (Å²) < 4.78 is 0. The molecule has 0 aromatic carbocycles. The lowest BCUT2D eigenvalue weighted by molar-refractivity contribution is 0.532. The zero-order valence-corrected chi connectivity index (χ0v) is 10.6. The highest BCUT2D eigenvalue weighted by molar-refractivity contribution is 7.98. The third-order valence-electron chi connectivity index (χ3n) is 2.33. The normalized spacial score (nSPS) is 12.7. The van der Waals surface area contributed by atoms with Crippen molar-refractivity contribution in [1.82, 2.24) is 10.3 Å². The van der Waals surface area contributed by atoms with Crippen molar-refractivity contribution < 1.29 is 0 Å². The zero-order chi connectivity index (χ0) is 11.1. The molecule has 84 valence electrons. The molecule has 0 saturated carbocycles. The Bertz CT molecular complexity index is 289. The molecular formula is C12H20N2S. The molecule has 15 heavy (non-hydrogen) atoms. The van der Waals surface area contributed by atoms with Gasteiger partial charge >= 0.3 is 0 Å². The van der Waals surface area contributed by atoms with Gasteiger partial charge in [0, 0.05) is 18.3 Å². The summed E-state index contributed by atoms with van der Waals surface area (Å²) in [6, 6.07) is 6.73. The lowest BCUT2D eigenvalue weighted by atomic mass is 10.2. The number of pyridine rings is 1. The van der Waals surface area contributed by atoms with Gasteiger partial charge in [-0.15, -0.1) is 0 Å². The largest absolute Gasteiger partial charge is 0.309 e. The van der Waals surface area contributed by atoms with Crippen molar-refractivity contribution in [3.8, 4) is 0 Å². The van der Waals surface area contributed by atoms with Crippen LogP contribution in [0.25, 0.3) is 0 Å². The molecule has 1 unspecified atom stereocenters. The third-order valence-corrected chi connectivity index (χ3v) is 2.98. The highest BCUT2D eigenvalue weighted by atomic mass is 32.2. The van der Waals surface area contributed by atoms with Gasteiger partial charge in [-0.3, -0.25) is 4.98 Å². The molecule has 1 N–H and O–H groups in total. The van der Waals surface area contributed by atoms with Crippen molar-refractivity contribution in [3.05, 3.63) is 29.6 Å². The number of thioether (sulfide) groups is 1. The highest BCUT2D eigenvalue weighted by Crippen LogP contribution is 2.02. The molecular weight excluding hydrogens is 204 g/mol. The van der Waals surface area contributed by atoms with Gasteiger partial charge in [-0.25, -0.2) is 0 Å². The van der Waals surface area contributed by atoms with E-state index in [0.717, 1.165) is 17.9 Å². The molecule has 0 fully saturated rings. The molecule has 0 aliphatic heterocycles. The van der Waals surface area contributed by atoms with Gasteiger partial charge in [-0.05, 0) is 44.4 Å². The van der Waals surface area contributed by atoms with Gasteiger partial charge in [0.25, 0.3) is 0 Å². The van der Waals surface area contributed by atoms with E-state index >= 15 is 0 Å². The van der Waals surface area contributed by atoms with E-state index in [2.05, 4.69) is 35.6 Å². The van der Waals surface area contributed by atoms with Gasteiger partial charge in [-0.1, -0.05) is 6.07 Å². The summed E-state index contributed by atoms with van der Waals surface area (Å²) in [4.78, 5) is 4.46. The summed E-state index contributed by atoms with van der Waals surface area (Å²) in [7, 11) is 0. The maximum Gasteiger partial charge on any atom is 0.0544 e. The fraction of sp³-hybridized carbons (Fsp3) is 0.583.